The van der Waals surface area contributed by atoms with Gasteiger partial charge in [-0.05, 0) is 37.9 Å². The summed E-state index contributed by atoms with van der Waals surface area (Å²) in [6.07, 6.45) is 3.17. The fourth-order valence-corrected chi connectivity index (χ4v) is 1.41. The van der Waals surface area contributed by atoms with E-state index in [0.717, 1.165) is 32.4 Å². The van der Waals surface area contributed by atoms with Gasteiger partial charge in [-0.2, -0.15) is 0 Å². The van der Waals surface area contributed by atoms with E-state index in [1.54, 1.807) is 0 Å². The smallest absolute Gasteiger partial charge is 0.0943 e. The molecule has 0 bridgehead atoms. The quantitative estimate of drug-likeness (QED) is 0.672. The van der Waals surface area contributed by atoms with Crippen LogP contribution in [0.25, 0.3) is 0 Å². The van der Waals surface area contributed by atoms with Crippen molar-refractivity contribution in [1.82, 2.24) is 5.32 Å². The molecule has 0 amide bonds. The van der Waals surface area contributed by atoms with Gasteiger partial charge >= 0.3 is 0 Å². The lowest BCUT2D eigenvalue weighted by Crippen LogP contribution is -2.20. The first kappa shape index (κ1) is 12.2. The predicted octanol–water partition coefficient (Wildman–Crippen LogP) is 2.52. The molecule has 0 atom stereocenters. The molecule has 0 spiro atoms. The standard InChI is InChI=1S/C13H20NO/c1-2-13(15)9-11-14-10-8-12-6-4-3-5-7-12/h3-7,14-15H,2,8-11H2,1H3. The van der Waals surface area contributed by atoms with Crippen LogP contribution >= 0.6 is 0 Å². The number of hydrogen-bond donors (Lipinski definition) is 2. The van der Waals surface area contributed by atoms with E-state index < -0.39 is 0 Å². The number of benzene rings is 1. The van der Waals surface area contributed by atoms with Crippen molar-refractivity contribution in [3.8, 4) is 0 Å². The summed E-state index contributed by atoms with van der Waals surface area (Å²) < 4.78 is 0. The van der Waals surface area contributed by atoms with Crippen LogP contribution in [0.1, 0.15) is 25.3 Å². The van der Waals surface area contributed by atoms with Gasteiger partial charge in [0.25, 0.3) is 0 Å². The van der Waals surface area contributed by atoms with E-state index in [1.165, 1.54) is 5.56 Å². The van der Waals surface area contributed by atoms with Gasteiger partial charge in [0.2, 0.25) is 0 Å². The van der Waals surface area contributed by atoms with Crippen LogP contribution in [0.3, 0.4) is 0 Å². The van der Waals surface area contributed by atoms with Gasteiger partial charge in [0.1, 0.15) is 0 Å². The summed E-state index contributed by atoms with van der Waals surface area (Å²) in [5.41, 5.74) is 1.36. The summed E-state index contributed by atoms with van der Waals surface area (Å²) in [7, 11) is 0. The average Bonchev–Trinajstić information content (AvgIpc) is 2.29. The second-order valence-corrected chi connectivity index (χ2v) is 3.66. The molecular weight excluding hydrogens is 186 g/mol. The van der Waals surface area contributed by atoms with Gasteiger partial charge in [-0.1, -0.05) is 37.3 Å². The highest BCUT2D eigenvalue weighted by atomic mass is 16.3. The number of aliphatic hydroxyl groups excluding tert-OH is 1. The summed E-state index contributed by atoms with van der Waals surface area (Å²) >= 11 is 0. The van der Waals surface area contributed by atoms with Crippen molar-refractivity contribution in [2.45, 2.75) is 26.2 Å². The topological polar surface area (TPSA) is 32.3 Å². The van der Waals surface area contributed by atoms with Crippen molar-refractivity contribution in [2.24, 2.45) is 0 Å². The molecule has 0 saturated carbocycles. The van der Waals surface area contributed by atoms with Gasteiger partial charge in [-0.3, -0.25) is 0 Å². The molecule has 0 aliphatic carbocycles. The van der Waals surface area contributed by atoms with Gasteiger partial charge in [0.15, 0.2) is 0 Å². The molecule has 0 aliphatic heterocycles. The normalized spacial score (nSPS) is 10.9. The van der Waals surface area contributed by atoms with Crippen LogP contribution in [0, 0.1) is 6.10 Å². The van der Waals surface area contributed by atoms with Crippen molar-refractivity contribution in [2.75, 3.05) is 13.1 Å². The summed E-state index contributed by atoms with van der Waals surface area (Å²) in [6, 6.07) is 10.4. The number of hydrogen-bond acceptors (Lipinski definition) is 2. The Kier molecular flexibility index (Phi) is 6.05. The lowest BCUT2D eigenvalue weighted by molar-refractivity contribution is 0.272. The third-order valence-corrected chi connectivity index (χ3v) is 2.43. The molecule has 0 heterocycles. The van der Waals surface area contributed by atoms with Gasteiger partial charge in [-0.15, -0.1) is 0 Å². The Morgan fingerprint density at radius 2 is 1.93 bits per heavy atom. The lowest BCUT2D eigenvalue weighted by Gasteiger charge is -2.07. The Balaban J connectivity index is 2.03. The largest absolute Gasteiger partial charge is 0.387 e. The van der Waals surface area contributed by atoms with E-state index >= 15 is 0 Å². The Morgan fingerprint density at radius 1 is 1.20 bits per heavy atom. The molecule has 2 heteroatoms. The van der Waals surface area contributed by atoms with Gasteiger partial charge in [0, 0.05) is 0 Å². The lowest BCUT2D eigenvalue weighted by atomic mass is 10.1. The fraction of sp³-hybridized carbons (Fsp3) is 0.462. The molecule has 0 unspecified atom stereocenters. The van der Waals surface area contributed by atoms with Crippen molar-refractivity contribution < 1.29 is 5.11 Å². The first-order valence-electron chi connectivity index (χ1n) is 5.61. The van der Waals surface area contributed by atoms with E-state index in [0.29, 0.717) is 6.10 Å². The minimum absolute atomic E-state index is 0.585. The van der Waals surface area contributed by atoms with Crippen LogP contribution in [0.4, 0.5) is 0 Å². The van der Waals surface area contributed by atoms with Gasteiger partial charge in [-0.25, -0.2) is 0 Å². The van der Waals surface area contributed by atoms with Crippen molar-refractivity contribution in [1.29, 1.82) is 0 Å². The first-order valence-corrected chi connectivity index (χ1v) is 5.61. The van der Waals surface area contributed by atoms with Crippen LogP contribution < -0.4 is 5.32 Å². The third kappa shape index (κ3) is 5.55. The van der Waals surface area contributed by atoms with Crippen LogP contribution in [0.5, 0.6) is 0 Å². The van der Waals surface area contributed by atoms with Crippen molar-refractivity contribution in [3.05, 3.63) is 42.0 Å². The molecule has 2 N–H and O–H groups in total. The molecule has 15 heavy (non-hydrogen) atoms. The molecule has 83 valence electrons. The summed E-state index contributed by atoms with van der Waals surface area (Å²) in [6.45, 7) is 3.81. The van der Waals surface area contributed by atoms with E-state index in [2.05, 4.69) is 29.6 Å². The summed E-state index contributed by atoms with van der Waals surface area (Å²) in [5, 5.41) is 12.6. The third-order valence-electron chi connectivity index (χ3n) is 2.43. The molecule has 0 saturated heterocycles. The molecular formula is C13H20NO. The predicted molar refractivity (Wildman–Crippen MR) is 63.1 cm³/mol. The zero-order valence-electron chi connectivity index (χ0n) is 9.37. The highest BCUT2D eigenvalue weighted by Crippen LogP contribution is 2.03. The van der Waals surface area contributed by atoms with E-state index in [-0.39, 0.29) is 0 Å². The highest BCUT2D eigenvalue weighted by molar-refractivity contribution is 5.14. The van der Waals surface area contributed by atoms with Crippen molar-refractivity contribution >= 4 is 0 Å². The van der Waals surface area contributed by atoms with Crippen LogP contribution in [-0.4, -0.2) is 18.2 Å². The van der Waals surface area contributed by atoms with Crippen LogP contribution in [-0.2, 0) is 6.42 Å². The molecule has 0 aromatic heterocycles. The first-order chi connectivity index (χ1) is 7.33. The van der Waals surface area contributed by atoms with Crippen LogP contribution in [0.15, 0.2) is 30.3 Å². The Labute approximate surface area is 92.3 Å². The second-order valence-electron chi connectivity index (χ2n) is 3.66. The maximum atomic E-state index is 9.25. The molecule has 1 rings (SSSR count). The number of aliphatic hydroxyl groups is 1. The summed E-state index contributed by atoms with van der Waals surface area (Å²) in [4.78, 5) is 0. The van der Waals surface area contributed by atoms with Crippen molar-refractivity contribution in [3.63, 3.8) is 0 Å². The number of rotatable bonds is 7. The van der Waals surface area contributed by atoms with Crippen LogP contribution in [0.2, 0.25) is 0 Å². The monoisotopic (exact) mass is 206 g/mol. The van der Waals surface area contributed by atoms with Gasteiger partial charge in [0.05, 0.1) is 6.10 Å². The maximum absolute atomic E-state index is 9.25. The maximum Gasteiger partial charge on any atom is 0.0943 e. The second kappa shape index (κ2) is 7.43. The number of nitrogens with one attached hydrogen (secondary N) is 1. The zero-order valence-corrected chi connectivity index (χ0v) is 9.37. The fourth-order valence-electron chi connectivity index (χ4n) is 1.41. The highest BCUT2D eigenvalue weighted by Gasteiger charge is 2.00. The Bertz CT molecular complexity index is 248. The molecule has 2 nitrogen and oxygen atoms in total. The summed E-state index contributed by atoms with van der Waals surface area (Å²) in [5.74, 6) is 0. The van der Waals surface area contributed by atoms with Gasteiger partial charge < -0.3 is 10.4 Å². The minimum atomic E-state index is 0.585. The molecule has 0 aliphatic rings. The average molecular weight is 206 g/mol. The minimum Gasteiger partial charge on any atom is -0.387 e. The zero-order chi connectivity index (χ0) is 10.9. The molecule has 1 aromatic carbocycles. The Morgan fingerprint density at radius 3 is 2.60 bits per heavy atom. The SMILES string of the molecule is CC[C](O)CCNCCc1ccccc1. The van der Waals surface area contributed by atoms with E-state index in [9.17, 15) is 5.11 Å². The molecule has 1 aromatic rings. The Hall–Kier alpha value is -0.860. The van der Waals surface area contributed by atoms with E-state index in [4.69, 9.17) is 0 Å². The van der Waals surface area contributed by atoms with E-state index in [1.807, 2.05) is 13.0 Å². The molecule has 0 fully saturated rings. The molecule has 1 radical (unpaired) electrons.